The molecule has 2 aromatic carbocycles. The Morgan fingerprint density at radius 1 is 1.17 bits per heavy atom. The molecular formula is C24H28N2O3. The van der Waals surface area contributed by atoms with Crippen LogP contribution in [0.2, 0.25) is 0 Å². The van der Waals surface area contributed by atoms with Crippen molar-refractivity contribution < 1.29 is 13.9 Å². The molecule has 0 bridgehead atoms. The molecule has 4 rings (SSSR count). The Morgan fingerprint density at radius 3 is 2.66 bits per heavy atom. The minimum Gasteiger partial charge on any atom is -0.497 e. The van der Waals surface area contributed by atoms with Gasteiger partial charge in [0.1, 0.15) is 11.3 Å². The summed E-state index contributed by atoms with van der Waals surface area (Å²) in [5, 5.41) is 4.16. The van der Waals surface area contributed by atoms with Gasteiger partial charge in [-0.1, -0.05) is 24.3 Å². The maximum absolute atomic E-state index is 12.7. The number of fused-ring (bicyclic) bond motifs is 1. The van der Waals surface area contributed by atoms with Crippen LogP contribution in [0.1, 0.15) is 35.6 Å². The molecule has 1 fully saturated rings. The Kier molecular flexibility index (Phi) is 5.86. The van der Waals surface area contributed by atoms with E-state index in [4.69, 9.17) is 9.15 Å². The fourth-order valence-electron chi connectivity index (χ4n) is 4.11. The van der Waals surface area contributed by atoms with E-state index in [1.165, 1.54) is 18.4 Å². The summed E-state index contributed by atoms with van der Waals surface area (Å²) in [7, 11) is 1.67. The zero-order valence-corrected chi connectivity index (χ0v) is 17.1. The standard InChI is InChI=1S/C24H28N2O3/c1-17-5-10-21-19(16-29-23(21)13-17)14-24(27)25-15-22(26-11-3-4-12-26)18-6-8-20(28-2)9-7-18/h5-10,13,16,22H,3-4,11-12,14-15H2,1-2H3,(H,25,27)/t22-/m1/s1. The molecule has 0 unspecified atom stereocenters. The van der Waals surface area contributed by atoms with E-state index >= 15 is 0 Å². The van der Waals surface area contributed by atoms with Gasteiger partial charge >= 0.3 is 0 Å². The van der Waals surface area contributed by atoms with Gasteiger partial charge in [-0.3, -0.25) is 9.69 Å². The monoisotopic (exact) mass is 392 g/mol. The van der Waals surface area contributed by atoms with E-state index in [0.717, 1.165) is 40.9 Å². The number of ether oxygens (including phenoxy) is 1. The van der Waals surface area contributed by atoms with E-state index in [9.17, 15) is 4.79 Å². The number of nitrogens with one attached hydrogen (secondary N) is 1. The molecule has 5 heteroatoms. The molecule has 152 valence electrons. The third-order valence-electron chi connectivity index (χ3n) is 5.74. The van der Waals surface area contributed by atoms with Crippen molar-refractivity contribution in [2.75, 3.05) is 26.7 Å². The lowest BCUT2D eigenvalue weighted by Crippen LogP contribution is -2.37. The van der Waals surface area contributed by atoms with Crippen molar-refractivity contribution in [1.29, 1.82) is 0 Å². The largest absolute Gasteiger partial charge is 0.497 e. The predicted molar refractivity (Wildman–Crippen MR) is 114 cm³/mol. The number of aryl methyl sites for hydroxylation is 1. The SMILES string of the molecule is COc1ccc([C@@H](CNC(=O)Cc2coc3cc(C)ccc23)N2CCCC2)cc1. The van der Waals surface area contributed by atoms with Crippen LogP contribution in [-0.2, 0) is 11.2 Å². The van der Waals surface area contributed by atoms with Crippen LogP contribution in [0.3, 0.4) is 0 Å². The first-order valence-electron chi connectivity index (χ1n) is 10.3. The van der Waals surface area contributed by atoms with Crippen LogP contribution in [0, 0.1) is 6.92 Å². The number of furan rings is 1. The molecule has 1 aromatic heterocycles. The highest BCUT2D eigenvalue weighted by atomic mass is 16.5. The first-order valence-corrected chi connectivity index (χ1v) is 10.3. The van der Waals surface area contributed by atoms with Gasteiger partial charge in [0, 0.05) is 17.5 Å². The Morgan fingerprint density at radius 2 is 1.93 bits per heavy atom. The Hall–Kier alpha value is -2.79. The zero-order chi connectivity index (χ0) is 20.2. The highest BCUT2D eigenvalue weighted by Crippen LogP contribution is 2.27. The van der Waals surface area contributed by atoms with E-state index in [1.54, 1.807) is 13.4 Å². The number of carbonyl (C=O) groups is 1. The van der Waals surface area contributed by atoms with E-state index in [0.29, 0.717) is 13.0 Å². The summed E-state index contributed by atoms with van der Waals surface area (Å²) in [5.41, 5.74) is 4.12. The summed E-state index contributed by atoms with van der Waals surface area (Å²) in [5.74, 6) is 0.867. The number of carbonyl (C=O) groups excluding carboxylic acids is 1. The third kappa shape index (κ3) is 4.46. The van der Waals surface area contributed by atoms with Crippen LogP contribution in [0.4, 0.5) is 0 Å². The maximum Gasteiger partial charge on any atom is 0.224 e. The smallest absolute Gasteiger partial charge is 0.224 e. The van der Waals surface area contributed by atoms with Gasteiger partial charge in [-0.15, -0.1) is 0 Å². The minimum atomic E-state index is 0.0194. The number of amides is 1. The summed E-state index contributed by atoms with van der Waals surface area (Å²) in [6.45, 7) is 4.77. The molecule has 1 aliphatic rings. The van der Waals surface area contributed by atoms with Crippen molar-refractivity contribution in [3.05, 3.63) is 65.4 Å². The molecule has 1 atom stereocenters. The topological polar surface area (TPSA) is 54.7 Å². The molecule has 2 heterocycles. The van der Waals surface area contributed by atoms with Gasteiger partial charge in [0.2, 0.25) is 5.91 Å². The number of nitrogens with zero attached hydrogens (tertiary/aromatic N) is 1. The van der Waals surface area contributed by atoms with Crippen LogP contribution in [0.15, 0.2) is 53.1 Å². The van der Waals surface area contributed by atoms with Crippen LogP contribution in [-0.4, -0.2) is 37.6 Å². The summed E-state index contributed by atoms with van der Waals surface area (Å²) in [4.78, 5) is 15.1. The molecule has 0 aliphatic carbocycles. The highest BCUT2D eigenvalue weighted by molar-refractivity contribution is 5.87. The third-order valence-corrected chi connectivity index (χ3v) is 5.74. The molecule has 0 saturated carbocycles. The number of methoxy groups -OCH3 is 1. The van der Waals surface area contributed by atoms with Crippen LogP contribution >= 0.6 is 0 Å². The van der Waals surface area contributed by atoms with Gasteiger partial charge in [-0.05, 0) is 62.2 Å². The van der Waals surface area contributed by atoms with Gasteiger partial charge in [0.05, 0.1) is 25.8 Å². The lowest BCUT2D eigenvalue weighted by Gasteiger charge is -2.28. The summed E-state index contributed by atoms with van der Waals surface area (Å²) in [6.07, 6.45) is 4.44. The molecule has 1 aliphatic heterocycles. The second-order valence-corrected chi connectivity index (χ2v) is 7.77. The van der Waals surface area contributed by atoms with Gasteiger partial charge < -0.3 is 14.5 Å². The second kappa shape index (κ2) is 8.70. The van der Waals surface area contributed by atoms with E-state index in [2.05, 4.69) is 22.3 Å². The number of benzene rings is 2. The Balaban J connectivity index is 1.43. The van der Waals surface area contributed by atoms with E-state index < -0.39 is 0 Å². The summed E-state index contributed by atoms with van der Waals surface area (Å²) < 4.78 is 10.9. The van der Waals surface area contributed by atoms with Gasteiger partial charge in [0.15, 0.2) is 0 Å². The molecule has 5 nitrogen and oxygen atoms in total. The molecule has 1 saturated heterocycles. The molecule has 1 N–H and O–H groups in total. The molecule has 3 aromatic rings. The normalized spacial score (nSPS) is 15.5. The van der Waals surface area contributed by atoms with Crippen molar-refractivity contribution in [2.45, 2.75) is 32.2 Å². The number of hydrogen-bond donors (Lipinski definition) is 1. The fourth-order valence-corrected chi connectivity index (χ4v) is 4.11. The zero-order valence-electron chi connectivity index (χ0n) is 17.1. The first kappa shape index (κ1) is 19.5. The van der Waals surface area contributed by atoms with Gasteiger partial charge in [0.25, 0.3) is 0 Å². The fraction of sp³-hybridized carbons (Fsp3) is 0.375. The second-order valence-electron chi connectivity index (χ2n) is 7.77. The Bertz CT molecular complexity index is 971. The number of hydrogen-bond acceptors (Lipinski definition) is 4. The van der Waals surface area contributed by atoms with Crippen LogP contribution in [0.5, 0.6) is 5.75 Å². The number of rotatable bonds is 7. The molecule has 1 amide bonds. The molecular weight excluding hydrogens is 364 g/mol. The van der Waals surface area contributed by atoms with Crippen LogP contribution < -0.4 is 10.1 Å². The molecule has 0 radical (unpaired) electrons. The average Bonchev–Trinajstić information content (AvgIpc) is 3.39. The summed E-state index contributed by atoms with van der Waals surface area (Å²) >= 11 is 0. The average molecular weight is 392 g/mol. The minimum absolute atomic E-state index is 0.0194. The van der Waals surface area contributed by atoms with Crippen molar-refractivity contribution >= 4 is 16.9 Å². The van der Waals surface area contributed by atoms with Crippen molar-refractivity contribution in [3.63, 3.8) is 0 Å². The lowest BCUT2D eigenvalue weighted by atomic mass is 10.0. The highest BCUT2D eigenvalue weighted by Gasteiger charge is 2.24. The number of likely N-dealkylation sites (tertiary alicyclic amines) is 1. The van der Waals surface area contributed by atoms with Crippen molar-refractivity contribution in [2.24, 2.45) is 0 Å². The van der Waals surface area contributed by atoms with Crippen molar-refractivity contribution in [1.82, 2.24) is 10.2 Å². The van der Waals surface area contributed by atoms with E-state index in [1.807, 2.05) is 37.3 Å². The molecule has 29 heavy (non-hydrogen) atoms. The quantitative estimate of drug-likeness (QED) is 0.653. The van der Waals surface area contributed by atoms with Gasteiger partial charge in [-0.2, -0.15) is 0 Å². The predicted octanol–water partition coefficient (Wildman–Crippen LogP) is 4.25. The summed E-state index contributed by atoms with van der Waals surface area (Å²) in [6, 6.07) is 14.4. The lowest BCUT2D eigenvalue weighted by molar-refractivity contribution is -0.120. The van der Waals surface area contributed by atoms with Crippen LogP contribution in [0.25, 0.3) is 11.0 Å². The van der Waals surface area contributed by atoms with E-state index in [-0.39, 0.29) is 11.9 Å². The first-order chi connectivity index (χ1) is 14.1. The van der Waals surface area contributed by atoms with Gasteiger partial charge in [-0.25, -0.2) is 0 Å². The van der Waals surface area contributed by atoms with Crippen molar-refractivity contribution in [3.8, 4) is 5.75 Å². The Labute approximate surface area is 171 Å². The maximum atomic E-state index is 12.7. The molecule has 0 spiro atoms.